The molecule has 0 saturated carbocycles. The first-order chi connectivity index (χ1) is 20.6. The van der Waals surface area contributed by atoms with E-state index in [1.807, 2.05) is 42.2 Å². The number of nitrogens with one attached hydrogen (secondary N) is 2. The summed E-state index contributed by atoms with van der Waals surface area (Å²) in [5, 5.41) is 26.7. The zero-order valence-electron chi connectivity index (χ0n) is 24.8. The molecule has 10 nitrogen and oxygen atoms in total. The van der Waals surface area contributed by atoms with Gasteiger partial charge in [0.1, 0.15) is 0 Å². The first-order valence-corrected chi connectivity index (χ1v) is 14.4. The summed E-state index contributed by atoms with van der Waals surface area (Å²) < 4.78 is 0. The number of aliphatic hydroxyl groups excluding tert-OH is 2. The summed E-state index contributed by atoms with van der Waals surface area (Å²) in [6.07, 6.45) is 1.57. The lowest BCUT2D eigenvalue weighted by Gasteiger charge is -2.25. The number of rotatable bonds is 12. The molecule has 0 aliphatic carbocycles. The van der Waals surface area contributed by atoms with Gasteiger partial charge in [0.05, 0.1) is 29.7 Å². The Morgan fingerprint density at radius 3 is 2.37 bits per heavy atom. The molecule has 2 unspecified atom stereocenters. The van der Waals surface area contributed by atoms with Crippen LogP contribution in [0.2, 0.25) is 0 Å². The highest BCUT2D eigenvalue weighted by Crippen LogP contribution is 2.27. The lowest BCUT2D eigenvalue weighted by Crippen LogP contribution is -2.35. The van der Waals surface area contributed by atoms with Crippen molar-refractivity contribution in [1.82, 2.24) is 10.3 Å². The molecule has 0 aromatic heterocycles. The van der Waals surface area contributed by atoms with Gasteiger partial charge in [-0.05, 0) is 68.7 Å². The molecule has 0 bridgehead atoms. The van der Waals surface area contributed by atoms with E-state index >= 15 is 0 Å². The Hall–Kier alpha value is -4.38. The van der Waals surface area contributed by atoms with E-state index in [0.29, 0.717) is 43.9 Å². The zero-order chi connectivity index (χ0) is 30.9. The smallest absolute Gasteiger partial charge is 0.273 e. The second-order valence-corrected chi connectivity index (χ2v) is 11.0. The van der Waals surface area contributed by atoms with Crippen molar-refractivity contribution < 1.29 is 24.6 Å². The Labute approximate surface area is 252 Å². The second-order valence-electron chi connectivity index (χ2n) is 11.0. The highest BCUT2D eigenvalue weighted by Gasteiger charge is 2.24. The SMILES string of the molecule is Cc1ccc(C=NNC(=O)c2cc(N3CCCC3=O)ccc2NC(=O)c2cccc(CN(CC(C)O)CC(C)O)c2)cc1. The molecule has 4 rings (SSSR count). The van der Waals surface area contributed by atoms with E-state index in [0.717, 1.165) is 23.1 Å². The van der Waals surface area contributed by atoms with Gasteiger partial charge < -0.3 is 20.4 Å². The van der Waals surface area contributed by atoms with Crippen LogP contribution in [-0.2, 0) is 11.3 Å². The van der Waals surface area contributed by atoms with Gasteiger partial charge in [0, 0.05) is 43.9 Å². The van der Waals surface area contributed by atoms with Gasteiger partial charge in [0.15, 0.2) is 0 Å². The number of amides is 3. The van der Waals surface area contributed by atoms with Crippen LogP contribution in [0.15, 0.2) is 71.8 Å². The molecule has 2 atom stereocenters. The minimum Gasteiger partial charge on any atom is -0.392 e. The van der Waals surface area contributed by atoms with Gasteiger partial charge in [0.2, 0.25) is 5.91 Å². The van der Waals surface area contributed by atoms with Crippen LogP contribution >= 0.6 is 0 Å². The Balaban J connectivity index is 1.55. The molecule has 3 aromatic carbocycles. The van der Waals surface area contributed by atoms with Gasteiger partial charge in [-0.25, -0.2) is 5.43 Å². The van der Waals surface area contributed by atoms with Crippen molar-refractivity contribution in [3.05, 3.63) is 94.5 Å². The maximum absolute atomic E-state index is 13.4. The van der Waals surface area contributed by atoms with Crippen molar-refractivity contribution in [1.29, 1.82) is 0 Å². The predicted molar refractivity (Wildman–Crippen MR) is 167 cm³/mol. The molecule has 0 radical (unpaired) electrons. The summed E-state index contributed by atoms with van der Waals surface area (Å²) in [5.74, 6) is -0.966. The number of hydrogen-bond donors (Lipinski definition) is 4. The minimum absolute atomic E-state index is 0.0161. The fourth-order valence-electron chi connectivity index (χ4n) is 5.01. The lowest BCUT2D eigenvalue weighted by molar-refractivity contribution is -0.117. The molecule has 3 aromatic rings. The first kappa shape index (κ1) is 31.6. The summed E-state index contributed by atoms with van der Waals surface area (Å²) in [6.45, 7) is 7.09. The van der Waals surface area contributed by atoms with Crippen LogP contribution in [0, 0.1) is 6.92 Å². The number of aliphatic hydroxyl groups is 2. The Kier molecular flexibility index (Phi) is 10.8. The normalized spacial score (nSPS) is 14.7. The van der Waals surface area contributed by atoms with E-state index in [1.165, 1.54) is 6.21 Å². The molecule has 43 heavy (non-hydrogen) atoms. The quantitative estimate of drug-likeness (QED) is 0.189. The maximum Gasteiger partial charge on any atom is 0.273 e. The summed E-state index contributed by atoms with van der Waals surface area (Å²) in [7, 11) is 0. The molecule has 1 fully saturated rings. The third-order valence-corrected chi connectivity index (χ3v) is 6.98. The van der Waals surface area contributed by atoms with Crippen LogP contribution in [0.5, 0.6) is 0 Å². The Morgan fingerprint density at radius 1 is 1.00 bits per heavy atom. The average Bonchev–Trinajstić information content (AvgIpc) is 3.39. The molecule has 226 valence electrons. The van der Waals surface area contributed by atoms with Gasteiger partial charge in [-0.15, -0.1) is 0 Å². The standard InChI is InChI=1S/C33H39N5O5/c1-22-9-11-25(12-10-22)18-34-36-33(43)29-17-28(38-15-5-8-31(38)41)13-14-30(29)35-32(42)27-7-4-6-26(16-27)21-37(19-23(2)39)20-24(3)40/h4,6-7,9-14,16-18,23-24,39-40H,5,8,15,19-21H2,1-3H3,(H,35,42)(H,36,43). The monoisotopic (exact) mass is 585 g/mol. The summed E-state index contributed by atoms with van der Waals surface area (Å²) >= 11 is 0. The van der Waals surface area contributed by atoms with E-state index in [2.05, 4.69) is 15.8 Å². The van der Waals surface area contributed by atoms with Crippen molar-refractivity contribution in [2.75, 3.05) is 29.9 Å². The summed E-state index contributed by atoms with van der Waals surface area (Å²) in [4.78, 5) is 42.6. The van der Waals surface area contributed by atoms with Crippen LogP contribution in [0.25, 0.3) is 0 Å². The largest absolute Gasteiger partial charge is 0.392 e. The maximum atomic E-state index is 13.4. The molecule has 0 spiro atoms. The predicted octanol–water partition coefficient (Wildman–Crippen LogP) is 3.70. The first-order valence-electron chi connectivity index (χ1n) is 14.4. The molecule has 1 saturated heterocycles. The Morgan fingerprint density at radius 2 is 1.72 bits per heavy atom. The van der Waals surface area contributed by atoms with Gasteiger partial charge in [-0.3, -0.25) is 19.3 Å². The van der Waals surface area contributed by atoms with E-state index in [1.54, 1.807) is 55.1 Å². The number of carbonyl (C=O) groups excluding carboxylic acids is 3. The van der Waals surface area contributed by atoms with Crippen molar-refractivity contribution >= 4 is 35.3 Å². The number of anilines is 2. The molecular weight excluding hydrogens is 546 g/mol. The van der Waals surface area contributed by atoms with E-state index in [-0.39, 0.29) is 17.2 Å². The average molecular weight is 586 g/mol. The van der Waals surface area contributed by atoms with Gasteiger partial charge in [0.25, 0.3) is 11.8 Å². The molecule has 1 heterocycles. The topological polar surface area (TPSA) is 135 Å². The number of hydrazone groups is 1. The zero-order valence-corrected chi connectivity index (χ0v) is 24.8. The van der Waals surface area contributed by atoms with Crippen LogP contribution in [0.3, 0.4) is 0 Å². The number of benzene rings is 3. The van der Waals surface area contributed by atoms with Gasteiger partial charge in [-0.2, -0.15) is 5.10 Å². The number of carbonyl (C=O) groups is 3. The van der Waals surface area contributed by atoms with Crippen molar-refractivity contribution in [2.45, 2.75) is 52.4 Å². The van der Waals surface area contributed by atoms with Crippen LogP contribution in [-0.4, -0.2) is 70.9 Å². The van der Waals surface area contributed by atoms with Crippen LogP contribution in [0.4, 0.5) is 11.4 Å². The summed E-state index contributed by atoms with van der Waals surface area (Å²) in [6, 6.07) is 19.7. The third-order valence-electron chi connectivity index (χ3n) is 6.98. The second kappa shape index (κ2) is 14.7. The van der Waals surface area contributed by atoms with Crippen molar-refractivity contribution in [3.8, 4) is 0 Å². The van der Waals surface area contributed by atoms with E-state index in [9.17, 15) is 24.6 Å². The lowest BCUT2D eigenvalue weighted by atomic mass is 10.1. The molecule has 1 aliphatic heterocycles. The number of aryl methyl sites for hydroxylation is 1. The number of hydrogen-bond acceptors (Lipinski definition) is 7. The van der Waals surface area contributed by atoms with Crippen molar-refractivity contribution in [3.63, 3.8) is 0 Å². The third kappa shape index (κ3) is 9.05. The highest BCUT2D eigenvalue weighted by atomic mass is 16.3. The highest BCUT2D eigenvalue weighted by molar-refractivity contribution is 6.10. The molecule has 1 aliphatic rings. The fraction of sp³-hybridized carbons (Fsp3) is 0.333. The van der Waals surface area contributed by atoms with E-state index < -0.39 is 24.0 Å². The van der Waals surface area contributed by atoms with Gasteiger partial charge >= 0.3 is 0 Å². The molecule has 4 N–H and O–H groups in total. The van der Waals surface area contributed by atoms with Gasteiger partial charge in [-0.1, -0.05) is 42.0 Å². The molecule has 3 amide bonds. The van der Waals surface area contributed by atoms with Crippen LogP contribution in [0.1, 0.15) is 64.1 Å². The molecular formula is C33H39N5O5. The minimum atomic E-state index is -0.574. The Bertz CT molecular complexity index is 1460. The molecule has 10 heteroatoms. The number of nitrogens with zero attached hydrogens (tertiary/aromatic N) is 3. The van der Waals surface area contributed by atoms with E-state index in [4.69, 9.17) is 0 Å². The summed E-state index contributed by atoms with van der Waals surface area (Å²) in [5.41, 5.74) is 6.70. The van der Waals surface area contributed by atoms with Crippen LogP contribution < -0.4 is 15.6 Å². The van der Waals surface area contributed by atoms with Crippen molar-refractivity contribution in [2.24, 2.45) is 5.10 Å². The fourth-order valence-corrected chi connectivity index (χ4v) is 5.01.